The van der Waals surface area contributed by atoms with Gasteiger partial charge in [-0.1, -0.05) is 80.9 Å². The molecule has 0 radical (unpaired) electrons. The fourth-order valence-electron chi connectivity index (χ4n) is 3.91. The number of hydrogen-bond donors (Lipinski definition) is 0. The van der Waals surface area contributed by atoms with Crippen molar-refractivity contribution in [2.24, 2.45) is 10.5 Å². The number of anilines is 1. The van der Waals surface area contributed by atoms with E-state index in [1.807, 2.05) is 51.1 Å². The van der Waals surface area contributed by atoms with Crippen LogP contribution in [0.2, 0.25) is 5.02 Å². The smallest absolute Gasteiger partial charge is 0.278 e. The Labute approximate surface area is 203 Å². The minimum atomic E-state index is -0.847. The van der Waals surface area contributed by atoms with Gasteiger partial charge < -0.3 is 0 Å². The van der Waals surface area contributed by atoms with Crippen LogP contribution >= 0.6 is 11.6 Å². The zero-order valence-electron chi connectivity index (χ0n) is 19.2. The van der Waals surface area contributed by atoms with E-state index < -0.39 is 17.9 Å². The Morgan fingerprint density at radius 2 is 1.74 bits per heavy atom. The summed E-state index contributed by atoms with van der Waals surface area (Å²) in [7, 11) is 0. The molecule has 0 N–H and O–H groups in total. The maximum atomic E-state index is 14.3. The van der Waals surface area contributed by atoms with E-state index in [9.17, 15) is 14.0 Å². The van der Waals surface area contributed by atoms with Crippen LogP contribution in [-0.2, 0) is 4.79 Å². The van der Waals surface area contributed by atoms with Gasteiger partial charge in [-0.3, -0.25) is 14.5 Å². The Hall–Kier alpha value is -3.51. The number of hydrazone groups is 1. The van der Waals surface area contributed by atoms with Gasteiger partial charge in [0.15, 0.2) is 6.17 Å². The fraction of sp³-hybridized carbons (Fsp3) is 0.222. The second kappa shape index (κ2) is 9.39. The minimum absolute atomic E-state index is 0.163. The summed E-state index contributed by atoms with van der Waals surface area (Å²) in [5, 5.41) is 5.98. The third-order valence-electron chi connectivity index (χ3n) is 5.41. The van der Waals surface area contributed by atoms with Gasteiger partial charge >= 0.3 is 0 Å². The highest BCUT2D eigenvalue weighted by Gasteiger charge is 2.42. The molecule has 1 aliphatic rings. The SMILES string of the molecule is CC(C)(C)CC(=O)N1c2ccc(Cl)cc2C(=O)N(/N=C/c2ccccc2F)C1c1ccccc1. The van der Waals surface area contributed by atoms with Crippen molar-refractivity contribution >= 4 is 35.3 Å². The zero-order valence-corrected chi connectivity index (χ0v) is 20.0. The van der Waals surface area contributed by atoms with Crippen LogP contribution in [-0.4, -0.2) is 23.0 Å². The standard InChI is InChI=1S/C27H25ClFN3O2/c1-27(2,3)16-24(33)31-23-14-13-20(28)15-21(23)26(34)32(25(31)18-9-5-4-6-10-18)30-17-19-11-7-8-12-22(19)29/h4-15,17,25H,16H2,1-3H3/b30-17+. The van der Waals surface area contributed by atoms with E-state index in [-0.39, 0.29) is 28.9 Å². The summed E-state index contributed by atoms with van der Waals surface area (Å²) >= 11 is 6.21. The minimum Gasteiger partial charge on any atom is -0.284 e. The number of rotatable bonds is 4. The van der Waals surface area contributed by atoms with E-state index in [2.05, 4.69) is 5.10 Å². The summed E-state index contributed by atoms with van der Waals surface area (Å²) in [6, 6.07) is 20.2. The van der Waals surface area contributed by atoms with Gasteiger partial charge in [-0.25, -0.2) is 9.40 Å². The van der Waals surface area contributed by atoms with Gasteiger partial charge in [-0.15, -0.1) is 0 Å². The maximum absolute atomic E-state index is 14.3. The van der Waals surface area contributed by atoms with Crippen LogP contribution in [0.4, 0.5) is 10.1 Å². The summed E-state index contributed by atoms with van der Waals surface area (Å²) < 4.78 is 14.3. The van der Waals surface area contributed by atoms with Gasteiger partial charge in [-0.05, 0) is 35.2 Å². The molecule has 0 aromatic heterocycles. The number of amides is 2. The van der Waals surface area contributed by atoms with Crippen LogP contribution in [0.25, 0.3) is 0 Å². The van der Waals surface area contributed by atoms with E-state index in [1.165, 1.54) is 23.4 Å². The summed E-state index contributed by atoms with van der Waals surface area (Å²) in [6.07, 6.45) is 0.697. The molecule has 34 heavy (non-hydrogen) atoms. The molecule has 3 aromatic carbocycles. The lowest BCUT2D eigenvalue weighted by Crippen LogP contribution is -2.50. The van der Waals surface area contributed by atoms with Gasteiger partial charge in [0.05, 0.1) is 17.5 Å². The Morgan fingerprint density at radius 3 is 2.41 bits per heavy atom. The molecule has 0 spiro atoms. The molecule has 1 unspecified atom stereocenters. The largest absolute Gasteiger partial charge is 0.284 e. The van der Waals surface area contributed by atoms with Crippen LogP contribution in [0.5, 0.6) is 0 Å². The van der Waals surface area contributed by atoms with E-state index in [0.717, 1.165) is 0 Å². The Morgan fingerprint density at radius 1 is 1.06 bits per heavy atom. The third-order valence-corrected chi connectivity index (χ3v) is 5.64. The molecule has 3 aromatic rings. The van der Waals surface area contributed by atoms with Gasteiger partial charge in [0.25, 0.3) is 5.91 Å². The normalized spacial score (nSPS) is 16.1. The van der Waals surface area contributed by atoms with Crippen LogP contribution in [0.3, 0.4) is 0 Å². The lowest BCUT2D eigenvalue weighted by atomic mass is 9.90. The predicted octanol–water partition coefficient (Wildman–Crippen LogP) is 6.44. The molecule has 7 heteroatoms. The van der Waals surface area contributed by atoms with Gasteiger partial charge in [0, 0.05) is 17.0 Å². The average molecular weight is 478 g/mol. The van der Waals surface area contributed by atoms with E-state index in [1.54, 1.807) is 35.2 Å². The van der Waals surface area contributed by atoms with Gasteiger partial charge in [0.1, 0.15) is 5.82 Å². The molecule has 1 aliphatic heterocycles. The second-order valence-electron chi connectivity index (χ2n) is 9.36. The average Bonchev–Trinajstić information content (AvgIpc) is 2.79. The van der Waals surface area contributed by atoms with Crippen molar-refractivity contribution in [3.63, 3.8) is 0 Å². The van der Waals surface area contributed by atoms with Crippen molar-refractivity contribution in [2.75, 3.05) is 4.90 Å². The monoisotopic (exact) mass is 477 g/mol. The van der Waals surface area contributed by atoms with Crippen molar-refractivity contribution < 1.29 is 14.0 Å². The Balaban J connectivity index is 1.90. The van der Waals surface area contributed by atoms with Crippen molar-refractivity contribution in [1.29, 1.82) is 0 Å². The molecule has 0 aliphatic carbocycles. The third kappa shape index (κ3) is 4.87. The number of benzene rings is 3. The number of fused-ring (bicyclic) bond motifs is 1. The zero-order chi connectivity index (χ0) is 24.5. The first-order valence-corrected chi connectivity index (χ1v) is 11.3. The lowest BCUT2D eigenvalue weighted by Gasteiger charge is -2.42. The number of halogens is 2. The molecule has 0 saturated carbocycles. The van der Waals surface area contributed by atoms with Gasteiger partial charge in [0.2, 0.25) is 5.91 Å². The first-order chi connectivity index (χ1) is 16.2. The molecule has 1 atom stereocenters. The maximum Gasteiger partial charge on any atom is 0.278 e. The van der Waals surface area contributed by atoms with E-state index in [4.69, 9.17) is 11.6 Å². The highest BCUT2D eigenvalue weighted by atomic mass is 35.5. The molecular weight excluding hydrogens is 453 g/mol. The van der Waals surface area contributed by atoms with Crippen LogP contribution in [0.1, 0.15) is 54.8 Å². The van der Waals surface area contributed by atoms with Crippen molar-refractivity contribution in [2.45, 2.75) is 33.4 Å². The first-order valence-electron chi connectivity index (χ1n) is 10.9. The summed E-state index contributed by atoms with van der Waals surface area (Å²) in [6.45, 7) is 5.94. The topological polar surface area (TPSA) is 53.0 Å². The fourth-order valence-corrected chi connectivity index (χ4v) is 4.08. The van der Waals surface area contributed by atoms with Crippen LogP contribution < -0.4 is 4.90 Å². The van der Waals surface area contributed by atoms with E-state index >= 15 is 0 Å². The molecule has 1 heterocycles. The number of hydrogen-bond acceptors (Lipinski definition) is 3. The first kappa shape index (κ1) is 23.6. The quantitative estimate of drug-likeness (QED) is 0.406. The lowest BCUT2D eigenvalue weighted by molar-refractivity contribution is -0.121. The van der Waals surface area contributed by atoms with Crippen LogP contribution in [0.15, 0.2) is 77.9 Å². The second-order valence-corrected chi connectivity index (χ2v) is 9.80. The summed E-state index contributed by atoms with van der Waals surface area (Å²) in [5.74, 6) is -1.06. The Bertz CT molecular complexity index is 1250. The molecule has 0 bridgehead atoms. The molecule has 0 saturated heterocycles. The van der Waals surface area contributed by atoms with Crippen LogP contribution in [0, 0.1) is 11.2 Å². The molecule has 174 valence electrons. The van der Waals surface area contributed by atoms with Crippen molar-refractivity contribution in [3.05, 3.63) is 100 Å². The molecule has 4 rings (SSSR count). The summed E-state index contributed by atoms with van der Waals surface area (Å²) in [5.41, 5.74) is 1.37. The molecule has 2 amide bonds. The number of nitrogens with zero attached hydrogens (tertiary/aromatic N) is 3. The highest BCUT2D eigenvalue weighted by molar-refractivity contribution is 6.31. The van der Waals surface area contributed by atoms with E-state index in [0.29, 0.717) is 16.3 Å². The van der Waals surface area contributed by atoms with Gasteiger partial charge in [-0.2, -0.15) is 5.10 Å². The Kier molecular flexibility index (Phi) is 6.53. The highest BCUT2D eigenvalue weighted by Crippen LogP contribution is 2.41. The van der Waals surface area contributed by atoms with Crippen molar-refractivity contribution in [3.8, 4) is 0 Å². The predicted molar refractivity (Wildman–Crippen MR) is 132 cm³/mol. The molecule has 5 nitrogen and oxygen atoms in total. The summed E-state index contributed by atoms with van der Waals surface area (Å²) in [4.78, 5) is 28.9. The molecule has 0 fully saturated rings. The molecular formula is C27H25ClFN3O2. The van der Waals surface area contributed by atoms with Crippen molar-refractivity contribution in [1.82, 2.24) is 5.01 Å². The number of carbonyl (C=O) groups excluding carboxylic acids is 2. The number of carbonyl (C=O) groups is 2.